The van der Waals surface area contributed by atoms with Gasteiger partial charge in [-0.05, 0) is 17.7 Å². The highest BCUT2D eigenvalue weighted by Crippen LogP contribution is 2.15. The second-order valence-electron chi connectivity index (χ2n) is 5.86. The highest BCUT2D eigenvalue weighted by Gasteiger charge is 2.18. The van der Waals surface area contributed by atoms with Crippen LogP contribution < -0.4 is 4.74 Å². The second kappa shape index (κ2) is 6.94. The van der Waals surface area contributed by atoms with Crippen molar-refractivity contribution >= 4 is 0 Å². The SMILES string of the molecule is COc1cccc(CN2CCN(Cc3nccn3C)CC2)c1. The van der Waals surface area contributed by atoms with Crippen molar-refractivity contribution in [2.24, 2.45) is 7.05 Å². The summed E-state index contributed by atoms with van der Waals surface area (Å²) in [5, 5.41) is 0. The molecule has 1 aromatic carbocycles. The summed E-state index contributed by atoms with van der Waals surface area (Å²) >= 11 is 0. The van der Waals surface area contributed by atoms with E-state index in [4.69, 9.17) is 4.74 Å². The number of methoxy groups -OCH3 is 1. The van der Waals surface area contributed by atoms with Crippen LogP contribution in [-0.2, 0) is 20.1 Å². The first kappa shape index (κ1) is 15.1. The molecule has 0 aliphatic carbocycles. The monoisotopic (exact) mass is 300 g/mol. The third kappa shape index (κ3) is 3.67. The van der Waals surface area contributed by atoms with Crippen LogP contribution in [0.4, 0.5) is 0 Å². The summed E-state index contributed by atoms with van der Waals surface area (Å²) in [5.41, 5.74) is 1.32. The molecule has 0 N–H and O–H groups in total. The number of ether oxygens (including phenoxy) is 1. The van der Waals surface area contributed by atoms with E-state index in [1.165, 1.54) is 5.56 Å². The van der Waals surface area contributed by atoms with Crippen LogP contribution in [0.3, 0.4) is 0 Å². The van der Waals surface area contributed by atoms with Gasteiger partial charge in [0.15, 0.2) is 0 Å². The molecule has 0 bridgehead atoms. The minimum Gasteiger partial charge on any atom is -0.497 e. The number of piperazine rings is 1. The fraction of sp³-hybridized carbons (Fsp3) is 0.471. The number of rotatable bonds is 5. The summed E-state index contributed by atoms with van der Waals surface area (Å²) in [5.74, 6) is 2.08. The molecule has 5 heteroatoms. The van der Waals surface area contributed by atoms with E-state index in [-0.39, 0.29) is 0 Å². The molecule has 5 nitrogen and oxygen atoms in total. The first-order valence-corrected chi connectivity index (χ1v) is 7.78. The van der Waals surface area contributed by atoms with Crippen LogP contribution in [-0.4, -0.2) is 52.6 Å². The lowest BCUT2D eigenvalue weighted by Gasteiger charge is -2.34. The number of imidazole rings is 1. The molecule has 0 amide bonds. The van der Waals surface area contributed by atoms with Crippen molar-refractivity contribution in [3.8, 4) is 5.75 Å². The summed E-state index contributed by atoms with van der Waals surface area (Å²) in [6, 6.07) is 8.35. The summed E-state index contributed by atoms with van der Waals surface area (Å²) in [6.45, 7) is 6.32. The van der Waals surface area contributed by atoms with Gasteiger partial charge in [0.05, 0.1) is 13.7 Å². The lowest BCUT2D eigenvalue weighted by atomic mass is 10.2. The molecular formula is C17H24N4O. The van der Waals surface area contributed by atoms with E-state index < -0.39 is 0 Å². The Morgan fingerprint density at radius 2 is 1.82 bits per heavy atom. The molecule has 1 fully saturated rings. The van der Waals surface area contributed by atoms with E-state index in [0.29, 0.717) is 0 Å². The predicted octanol–water partition coefficient (Wildman–Crippen LogP) is 1.75. The molecule has 0 radical (unpaired) electrons. The molecule has 3 rings (SSSR count). The summed E-state index contributed by atoms with van der Waals surface area (Å²) < 4.78 is 7.39. The molecule has 1 aromatic heterocycles. The van der Waals surface area contributed by atoms with Gasteiger partial charge in [-0.2, -0.15) is 0 Å². The number of aromatic nitrogens is 2. The van der Waals surface area contributed by atoms with E-state index in [9.17, 15) is 0 Å². The molecule has 0 saturated carbocycles. The van der Waals surface area contributed by atoms with Gasteiger partial charge in [-0.25, -0.2) is 4.98 Å². The van der Waals surface area contributed by atoms with Crippen molar-refractivity contribution in [1.29, 1.82) is 0 Å². The zero-order valence-corrected chi connectivity index (χ0v) is 13.4. The molecule has 0 atom stereocenters. The largest absolute Gasteiger partial charge is 0.497 e. The van der Waals surface area contributed by atoms with Gasteiger partial charge < -0.3 is 9.30 Å². The molecule has 22 heavy (non-hydrogen) atoms. The predicted molar refractivity (Wildman–Crippen MR) is 86.8 cm³/mol. The Hall–Kier alpha value is -1.85. The molecule has 2 heterocycles. The standard InChI is InChI=1S/C17H24N4O/c1-19-7-6-18-17(19)14-21-10-8-20(9-11-21)13-15-4-3-5-16(12-15)22-2/h3-7,12H,8-11,13-14H2,1-2H3. The third-order valence-corrected chi connectivity index (χ3v) is 4.29. The van der Waals surface area contributed by atoms with Gasteiger partial charge in [-0.1, -0.05) is 12.1 Å². The van der Waals surface area contributed by atoms with Crippen LogP contribution in [0.15, 0.2) is 36.7 Å². The maximum Gasteiger partial charge on any atom is 0.122 e. The summed E-state index contributed by atoms with van der Waals surface area (Å²) in [6.07, 6.45) is 3.88. The van der Waals surface area contributed by atoms with Gasteiger partial charge in [-0.3, -0.25) is 9.80 Å². The van der Waals surface area contributed by atoms with E-state index in [2.05, 4.69) is 44.6 Å². The van der Waals surface area contributed by atoms with E-state index in [1.807, 2.05) is 18.5 Å². The van der Waals surface area contributed by atoms with E-state index in [0.717, 1.165) is 50.8 Å². The lowest BCUT2D eigenvalue weighted by Crippen LogP contribution is -2.45. The fourth-order valence-electron chi connectivity index (χ4n) is 2.88. The van der Waals surface area contributed by atoms with E-state index >= 15 is 0 Å². The Labute approximate surface area is 132 Å². The molecule has 1 aliphatic heterocycles. The molecule has 118 valence electrons. The van der Waals surface area contributed by atoms with Crippen LogP contribution in [0.5, 0.6) is 5.75 Å². The first-order chi connectivity index (χ1) is 10.7. The van der Waals surface area contributed by atoms with Gasteiger partial charge in [-0.15, -0.1) is 0 Å². The molecule has 0 unspecified atom stereocenters. The summed E-state index contributed by atoms with van der Waals surface area (Å²) in [7, 11) is 3.77. The molecule has 1 saturated heterocycles. The van der Waals surface area contributed by atoms with Crippen LogP contribution in [0.2, 0.25) is 0 Å². The number of benzene rings is 1. The molecular weight excluding hydrogens is 276 g/mol. The lowest BCUT2D eigenvalue weighted by molar-refractivity contribution is 0.119. The zero-order valence-electron chi connectivity index (χ0n) is 13.4. The quantitative estimate of drug-likeness (QED) is 0.842. The van der Waals surface area contributed by atoms with Crippen LogP contribution in [0, 0.1) is 0 Å². The molecule has 2 aromatic rings. The van der Waals surface area contributed by atoms with Crippen molar-refractivity contribution in [3.05, 3.63) is 48.0 Å². The minimum absolute atomic E-state index is 0.936. The van der Waals surface area contributed by atoms with Crippen molar-refractivity contribution in [2.75, 3.05) is 33.3 Å². The van der Waals surface area contributed by atoms with Gasteiger partial charge in [0.2, 0.25) is 0 Å². The Kier molecular flexibility index (Phi) is 4.75. The second-order valence-corrected chi connectivity index (χ2v) is 5.86. The van der Waals surface area contributed by atoms with Crippen LogP contribution in [0.1, 0.15) is 11.4 Å². The highest BCUT2D eigenvalue weighted by atomic mass is 16.5. The topological polar surface area (TPSA) is 33.5 Å². The maximum atomic E-state index is 5.29. The zero-order chi connectivity index (χ0) is 15.4. The smallest absolute Gasteiger partial charge is 0.122 e. The van der Waals surface area contributed by atoms with Gasteiger partial charge in [0.1, 0.15) is 11.6 Å². The minimum atomic E-state index is 0.936. The maximum absolute atomic E-state index is 5.29. The first-order valence-electron chi connectivity index (χ1n) is 7.78. The van der Waals surface area contributed by atoms with Gasteiger partial charge in [0.25, 0.3) is 0 Å². The molecule has 0 spiro atoms. The van der Waals surface area contributed by atoms with Gasteiger partial charge >= 0.3 is 0 Å². The Balaban J connectivity index is 1.50. The van der Waals surface area contributed by atoms with E-state index in [1.54, 1.807) is 7.11 Å². The Bertz CT molecular complexity index is 602. The van der Waals surface area contributed by atoms with Gasteiger partial charge in [0, 0.05) is 52.2 Å². The normalized spacial score (nSPS) is 16.8. The Morgan fingerprint density at radius 1 is 1.09 bits per heavy atom. The van der Waals surface area contributed by atoms with Crippen molar-refractivity contribution < 1.29 is 4.74 Å². The average Bonchev–Trinajstić information content (AvgIpc) is 2.94. The van der Waals surface area contributed by atoms with Crippen molar-refractivity contribution in [1.82, 2.24) is 19.4 Å². The average molecular weight is 300 g/mol. The van der Waals surface area contributed by atoms with Crippen LogP contribution >= 0.6 is 0 Å². The number of hydrogen-bond acceptors (Lipinski definition) is 4. The number of nitrogens with zero attached hydrogens (tertiary/aromatic N) is 4. The van der Waals surface area contributed by atoms with Crippen molar-refractivity contribution in [3.63, 3.8) is 0 Å². The number of hydrogen-bond donors (Lipinski definition) is 0. The molecule has 1 aliphatic rings. The highest BCUT2D eigenvalue weighted by molar-refractivity contribution is 5.28. The van der Waals surface area contributed by atoms with Crippen LogP contribution in [0.25, 0.3) is 0 Å². The van der Waals surface area contributed by atoms with Crippen molar-refractivity contribution in [2.45, 2.75) is 13.1 Å². The number of aryl methyl sites for hydroxylation is 1. The third-order valence-electron chi connectivity index (χ3n) is 4.29. The Morgan fingerprint density at radius 3 is 2.45 bits per heavy atom. The fourth-order valence-corrected chi connectivity index (χ4v) is 2.88. The summed E-state index contributed by atoms with van der Waals surface area (Å²) in [4.78, 5) is 9.39.